The molecule has 39 heavy (non-hydrogen) atoms. The third kappa shape index (κ3) is 6.92. The van der Waals surface area contributed by atoms with Gasteiger partial charge in [-0.05, 0) is 57.9 Å². The molecule has 0 atom stereocenters. The second-order valence-corrected chi connectivity index (χ2v) is 10.2. The minimum atomic E-state index is -4.82. The first-order valence-corrected chi connectivity index (χ1v) is 12.4. The lowest BCUT2D eigenvalue weighted by Crippen LogP contribution is -2.45. The summed E-state index contributed by atoms with van der Waals surface area (Å²) in [5.41, 5.74) is 0.0637. The van der Waals surface area contributed by atoms with Crippen LogP contribution in [0.5, 0.6) is 0 Å². The second kappa shape index (κ2) is 11.0. The van der Waals surface area contributed by atoms with Crippen molar-refractivity contribution < 1.29 is 36.3 Å². The van der Waals surface area contributed by atoms with Gasteiger partial charge in [0.25, 0.3) is 0 Å². The zero-order chi connectivity index (χ0) is 28.4. The molecule has 208 valence electrons. The Hall–Kier alpha value is -3.96. The fraction of sp³-hybridized carbons (Fsp3) is 0.407. The highest BCUT2D eigenvalue weighted by Crippen LogP contribution is 2.31. The van der Waals surface area contributed by atoms with E-state index in [1.807, 2.05) is 0 Å². The Balaban J connectivity index is 1.50. The summed E-state index contributed by atoms with van der Waals surface area (Å²) in [4.78, 5) is 29.1. The highest BCUT2D eigenvalue weighted by Gasteiger charge is 2.38. The van der Waals surface area contributed by atoms with E-state index in [0.29, 0.717) is 31.6 Å². The number of halogens is 4. The number of rotatable bonds is 5. The van der Waals surface area contributed by atoms with Gasteiger partial charge in [0.1, 0.15) is 11.4 Å². The molecule has 1 aromatic heterocycles. The predicted octanol–water partition coefficient (Wildman–Crippen LogP) is 6.07. The molecule has 0 spiro atoms. The van der Waals surface area contributed by atoms with E-state index in [2.05, 4.69) is 14.6 Å². The van der Waals surface area contributed by atoms with E-state index in [4.69, 9.17) is 4.74 Å². The number of anilines is 1. The normalized spacial score (nSPS) is 14.8. The highest BCUT2D eigenvalue weighted by atomic mass is 19.4. The number of hydrogen-bond acceptors (Lipinski definition) is 6. The number of benzene rings is 2. The Morgan fingerprint density at radius 3 is 2.28 bits per heavy atom. The first kappa shape index (κ1) is 28.1. The lowest BCUT2D eigenvalue weighted by Gasteiger charge is -2.35. The number of likely N-dealkylation sites (tertiary alicyclic amines) is 1. The molecule has 2 amide bonds. The molecular formula is C27H28F4N4O4. The molecule has 1 fully saturated rings. The number of nitrogens with zero attached hydrogens (tertiary/aromatic N) is 4. The van der Waals surface area contributed by atoms with E-state index in [1.165, 1.54) is 17.0 Å². The smallest absolute Gasteiger partial charge is 0.444 e. The molecule has 0 saturated carbocycles. The maximum absolute atomic E-state index is 15.1. The molecule has 1 saturated heterocycles. The van der Waals surface area contributed by atoms with E-state index >= 15 is 4.39 Å². The molecule has 0 radical (unpaired) electrons. The zero-order valence-corrected chi connectivity index (χ0v) is 21.7. The quantitative estimate of drug-likeness (QED) is 0.360. The van der Waals surface area contributed by atoms with Gasteiger partial charge < -0.3 is 19.0 Å². The molecule has 0 unspecified atom stereocenters. The number of piperidine rings is 1. The van der Waals surface area contributed by atoms with Gasteiger partial charge in [-0.25, -0.2) is 9.18 Å². The number of amides is 2. The molecule has 1 aliphatic heterocycles. The molecule has 8 nitrogen and oxygen atoms in total. The Kier molecular flexibility index (Phi) is 7.94. The van der Waals surface area contributed by atoms with Gasteiger partial charge in [0.2, 0.25) is 11.8 Å². The van der Waals surface area contributed by atoms with Crippen LogP contribution in [0.15, 0.2) is 52.9 Å². The molecule has 2 heterocycles. The topological polar surface area (TPSA) is 88.8 Å². The SMILES string of the molecule is CC(C)(C)OC(=O)N1CCC(C(=O)N(Cc2ccc(-c3nnc(C(F)(F)F)o3)cc2F)c2ccccc2)CC1. The Labute approximate surface area is 222 Å². The monoisotopic (exact) mass is 548 g/mol. The first-order chi connectivity index (χ1) is 18.3. The van der Waals surface area contributed by atoms with E-state index in [-0.39, 0.29) is 23.6 Å². The number of ether oxygens (including phenoxy) is 1. The van der Waals surface area contributed by atoms with Crippen molar-refractivity contribution in [2.75, 3.05) is 18.0 Å². The third-order valence-electron chi connectivity index (χ3n) is 6.13. The molecule has 0 aliphatic carbocycles. The minimum Gasteiger partial charge on any atom is -0.444 e. The van der Waals surface area contributed by atoms with Gasteiger partial charge in [-0.1, -0.05) is 24.3 Å². The van der Waals surface area contributed by atoms with E-state index in [1.54, 1.807) is 56.0 Å². The Morgan fingerprint density at radius 2 is 1.72 bits per heavy atom. The van der Waals surface area contributed by atoms with Gasteiger partial charge in [0.15, 0.2) is 0 Å². The van der Waals surface area contributed by atoms with Crippen LogP contribution in [0.25, 0.3) is 11.5 Å². The van der Waals surface area contributed by atoms with Gasteiger partial charge in [-0.3, -0.25) is 4.79 Å². The summed E-state index contributed by atoms with van der Waals surface area (Å²) in [7, 11) is 0. The number of carbonyl (C=O) groups excluding carboxylic acids is 2. The molecule has 3 aromatic rings. The van der Waals surface area contributed by atoms with Crippen LogP contribution in [0.2, 0.25) is 0 Å². The van der Waals surface area contributed by atoms with Crippen LogP contribution in [-0.2, 0) is 22.3 Å². The Morgan fingerprint density at radius 1 is 1.05 bits per heavy atom. The van der Waals surface area contributed by atoms with Crippen molar-refractivity contribution in [1.82, 2.24) is 15.1 Å². The lowest BCUT2D eigenvalue weighted by molar-refractivity contribution is -0.157. The average molecular weight is 549 g/mol. The van der Waals surface area contributed by atoms with Crippen LogP contribution < -0.4 is 4.90 Å². The van der Waals surface area contributed by atoms with Crippen LogP contribution in [0, 0.1) is 11.7 Å². The van der Waals surface area contributed by atoms with Crippen molar-refractivity contribution >= 4 is 17.7 Å². The minimum absolute atomic E-state index is 0.0219. The summed E-state index contributed by atoms with van der Waals surface area (Å²) >= 11 is 0. The number of hydrogen-bond donors (Lipinski definition) is 0. The molecule has 2 aromatic carbocycles. The van der Waals surface area contributed by atoms with Crippen LogP contribution in [0.4, 0.5) is 28.0 Å². The Bertz CT molecular complexity index is 1310. The molecule has 0 N–H and O–H groups in total. The van der Waals surface area contributed by atoms with Crippen molar-refractivity contribution in [3.05, 3.63) is 65.8 Å². The molecule has 1 aliphatic rings. The van der Waals surface area contributed by atoms with E-state index in [0.717, 1.165) is 6.07 Å². The number of carbonyl (C=O) groups is 2. The van der Waals surface area contributed by atoms with Gasteiger partial charge in [0.05, 0.1) is 6.54 Å². The predicted molar refractivity (Wildman–Crippen MR) is 133 cm³/mol. The zero-order valence-electron chi connectivity index (χ0n) is 21.7. The fourth-order valence-electron chi connectivity index (χ4n) is 4.19. The number of alkyl halides is 3. The van der Waals surface area contributed by atoms with Gasteiger partial charge >= 0.3 is 18.2 Å². The van der Waals surface area contributed by atoms with Crippen molar-refractivity contribution in [2.24, 2.45) is 5.92 Å². The summed E-state index contributed by atoms with van der Waals surface area (Å²) in [5.74, 6) is -3.36. The largest absolute Gasteiger partial charge is 0.470 e. The van der Waals surface area contributed by atoms with Crippen LogP contribution in [0.1, 0.15) is 45.1 Å². The van der Waals surface area contributed by atoms with E-state index < -0.39 is 41.4 Å². The van der Waals surface area contributed by atoms with Crippen molar-refractivity contribution in [3.63, 3.8) is 0 Å². The summed E-state index contributed by atoms with van der Waals surface area (Å²) in [5, 5.41) is 6.32. The van der Waals surface area contributed by atoms with Crippen molar-refractivity contribution in [1.29, 1.82) is 0 Å². The first-order valence-electron chi connectivity index (χ1n) is 12.4. The molecule has 12 heteroatoms. The molecule has 4 rings (SSSR count). The summed E-state index contributed by atoms with van der Waals surface area (Å²) in [6.07, 6.45) is -4.41. The van der Waals surface area contributed by atoms with Crippen LogP contribution in [0.3, 0.4) is 0 Å². The number of para-hydroxylation sites is 1. The van der Waals surface area contributed by atoms with Crippen molar-refractivity contribution in [3.8, 4) is 11.5 Å². The van der Waals surface area contributed by atoms with E-state index in [9.17, 15) is 22.8 Å². The van der Waals surface area contributed by atoms with Gasteiger partial charge in [-0.15, -0.1) is 10.2 Å². The van der Waals surface area contributed by atoms with Gasteiger partial charge in [0, 0.05) is 35.8 Å². The summed E-state index contributed by atoms with van der Waals surface area (Å²) < 4.78 is 63.5. The third-order valence-corrected chi connectivity index (χ3v) is 6.13. The number of aromatic nitrogens is 2. The van der Waals surface area contributed by atoms with Crippen LogP contribution >= 0.6 is 0 Å². The fourth-order valence-corrected chi connectivity index (χ4v) is 4.19. The van der Waals surface area contributed by atoms with Gasteiger partial charge in [-0.2, -0.15) is 13.2 Å². The summed E-state index contributed by atoms with van der Waals surface area (Å²) in [6.45, 7) is 5.94. The maximum atomic E-state index is 15.1. The molecule has 0 bridgehead atoms. The summed E-state index contributed by atoms with van der Waals surface area (Å²) in [6, 6.07) is 12.5. The van der Waals surface area contributed by atoms with Crippen LogP contribution in [-0.4, -0.2) is 45.8 Å². The van der Waals surface area contributed by atoms with Crippen molar-refractivity contribution in [2.45, 2.75) is 51.9 Å². The maximum Gasteiger partial charge on any atom is 0.470 e. The standard InChI is InChI=1S/C27H28F4N4O4/c1-26(2,3)39-25(37)34-13-11-17(12-14-34)23(36)35(20-7-5-4-6-8-20)16-19-10-9-18(15-21(19)28)22-32-33-24(38-22)27(29,30)31/h4-10,15,17H,11-14,16H2,1-3H3. The highest BCUT2D eigenvalue weighted by molar-refractivity contribution is 5.95. The average Bonchev–Trinajstić information content (AvgIpc) is 3.38. The molecular weight excluding hydrogens is 520 g/mol. The second-order valence-electron chi connectivity index (χ2n) is 10.2. The lowest BCUT2D eigenvalue weighted by atomic mass is 9.95.